The average molecular weight is 260 g/mol. The molecule has 1 aromatic carbocycles. The van der Waals surface area contributed by atoms with Crippen molar-refractivity contribution in [3.63, 3.8) is 0 Å². The molecule has 0 fully saturated rings. The summed E-state index contributed by atoms with van der Waals surface area (Å²) in [6.45, 7) is 5.75. The lowest BCUT2D eigenvalue weighted by Crippen LogP contribution is -2.09. The molecule has 2 N–H and O–H groups in total. The van der Waals surface area contributed by atoms with Crippen LogP contribution in [-0.2, 0) is 6.54 Å². The third-order valence-electron chi connectivity index (χ3n) is 2.90. The molecule has 0 aliphatic heterocycles. The maximum Gasteiger partial charge on any atom is 0.119 e. The highest BCUT2D eigenvalue weighted by molar-refractivity contribution is 5.41. The summed E-state index contributed by atoms with van der Waals surface area (Å²) in [5, 5.41) is 8.04. The molecule has 2 aromatic rings. The Morgan fingerprint density at radius 3 is 2.68 bits per heavy atom. The first-order chi connectivity index (χ1) is 9.16. The minimum absolute atomic E-state index is 0.438. The van der Waals surface area contributed by atoms with Gasteiger partial charge in [-0.3, -0.25) is 0 Å². The van der Waals surface area contributed by atoms with Gasteiger partial charge in [-0.2, -0.15) is 0 Å². The number of nitrogen functional groups attached to an aromatic ring is 1. The van der Waals surface area contributed by atoms with Crippen LogP contribution in [0.3, 0.4) is 0 Å². The molecule has 102 valence electrons. The number of nitrogens with two attached hydrogens (primary N) is 1. The molecule has 0 aliphatic carbocycles. The molecule has 0 aliphatic rings. The fourth-order valence-corrected chi connectivity index (χ4v) is 1.85. The van der Waals surface area contributed by atoms with E-state index in [4.69, 9.17) is 10.5 Å². The van der Waals surface area contributed by atoms with E-state index in [1.807, 2.05) is 35.1 Å². The smallest absolute Gasteiger partial charge is 0.119 e. The highest BCUT2D eigenvalue weighted by Crippen LogP contribution is 2.14. The van der Waals surface area contributed by atoms with Gasteiger partial charge in [0.1, 0.15) is 5.75 Å². The van der Waals surface area contributed by atoms with Gasteiger partial charge in [0.05, 0.1) is 18.5 Å². The van der Waals surface area contributed by atoms with Gasteiger partial charge in [-0.1, -0.05) is 19.1 Å². The lowest BCUT2D eigenvalue weighted by molar-refractivity contribution is 0.296. The zero-order valence-electron chi connectivity index (χ0n) is 11.4. The van der Waals surface area contributed by atoms with Crippen molar-refractivity contribution in [3.05, 3.63) is 36.2 Å². The van der Waals surface area contributed by atoms with Crippen LogP contribution in [0.5, 0.6) is 5.75 Å². The molecule has 0 radical (unpaired) electrons. The van der Waals surface area contributed by atoms with Gasteiger partial charge >= 0.3 is 0 Å². The monoisotopic (exact) mass is 260 g/mol. The molecule has 0 spiro atoms. The highest BCUT2D eigenvalue weighted by atomic mass is 16.5. The first kappa shape index (κ1) is 13.4. The summed E-state index contributed by atoms with van der Waals surface area (Å²) in [7, 11) is 0. The van der Waals surface area contributed by atoms with Crippen LogP contribution in [0.25, 0.3) is 0 Å². The molecule has 5 nitrogen and oxygen atoms in total. The van der Waals surface area contributed by atoms with Crippen molar-refractivity contribution in [2.75, 3.05) is 12.3 Å². The summed E-state index contributed by atoms with van der Waals surface area (Å²) in [6.07, 6.45) is 2.72. The number of nitrogens with zero attached hydrogens (tertiary/aromatic N) is 3. The molecule has 0 saturated carbocycles. The van der Waals surface area contributed by atoms with Crippen molar-refractivity contribution < 1.29 is 4.74 Å². The Hall–Kier alpha value is -2.04. The fourth-order valence-electron chi connectivity index (χ4n) is 1.85. The van der Waals surface area contributed by atoms with Crippen LogP contribution in [0.4, 0.5) is 5.69 Å². The maximum absolute atomic E-state index is 5.64. The van der Waals surface area contributed by atoms with E-state index >= 15 is 0 Å². The van der Waals surface area contributed by atoms with Gasteiger partial charge in [-0.15, -0.1) is 5.10 Å². The Labute approximate surface area is 113 Å². The summed E-state index contributed by atoms with van der Waals surface area (Å²) in [5.74, 6) is 1.28. The second-order valence-corrected chi connectivity index (χ2v) is 4.81. The van der Waals surface area contributed by atoms with E-state index in [2.05, 4.69) is 24.2 Å². The SMILES string of the molecule is CC(C)c1cnnn1CCCOc1ccc(N)cc1. The third-order valence-corrected chi connectivity index (χ3v) is 2.90. The Balaban J connectivity index is 1.77. The molecule has 19 heavy (non-hydrogen) atoms. The second-order valence-electron chi connectivity index (χ2n) is 4.81. The van der Waals surface area contributed by atoms with E-state index in [9.17, 15) is 0 Å². The third kappa shape index (κ3) is 3.71. The zero-order chi connectivity index (χ0) is 13.7. The molecular weight excluding hydrogens is 240 g/mol. The first-order valence-corrected chi connectivity index (χ1v) is 6.53. The van der Waals surface area contributed by atoms with E-state index in [-0.39, 0.29) is 0 Å². The van der Waals surface area contributed by atoms with Gasteiger partial charge in [0, 0.05) is 18.7 Å². The fraction of sp³-hybridized carbons (Fsp3) is 0.429. The van der Waals surface area contributed by atoms with Crippen LogP contribution >= 0.6 is 0 Å². The quantitative estimate of drug-likeness (QED) is 0.640. The van der Waals surface area contributed by atoms with E-state index in [1.54, 1.807) is 0 Å². The molecule has 0 atom stereocenters. The van der Waals surface area contributed by atoms with Crippen molar-refractivity contribution in [1.29, 1.82) is 0 Å². The van der Waals surface area contributed by atoms with Crippen LogP contribution < -0.4 is 10.5 Å². The highest BCUT2D eigenvalue weighted by Gasteiger charge is 2.07. The Kier molecular flexibility index (Phi) is 4.39. The first-order valence-electron chi connectivity index (χ1n) is 6.53. The number of rotatable bonds is 6. The number of anilines is 1. The zero-order valence-corrected chi connectivity index (χ0v) is 11.4. The van der Waals surface area contributed by atoms with E-state index in [0.29, 0.717) is 12.5 Å². The summed E-state index contributed by atoms with van der Waals surface area (Å²) >= 11 is 0. The van der Waals surface area contributed by atoms with Gasteiger partial charge in [0.15, 0.2) is 0 Å². The Morgan fingerprint density at radius 2 is 2.00 bits per heavy atom. The van der Waals surface area contributed by atoms with Crippen molar-refractivity contribution in [2.45, 2.75) is 32.7 Å². The summed E-state index contributed by atoms with van der Waals surface area (Å²) < 4.78 is 7.58. The van der Waals surface area contributed by atoms with Crippen molar-refractivity contribution >= 4 is 5.69 Å². The molecule has 1 heterocycles. The van der Waals surface area contributed by atoms with Crippen LogP contribution in [0.1, 0.15) is 31.9 Å². The molecule has 1 aromatic heterocycles. The Bertz CT molecular complexity index is 504. The molecule has 0 unspecified atom stereocenters. The number of hydrogen-bond acceptors (Lipinski definition) is 4. The summed E-state index contributed by atoms with van der Waals surface area (Å²) in [6, 6.07) is 7.43. The minimum Gasteiger partial charge on any atom is -0.494 e. The molecule has 5 heteroatoms. The lowest BCUT2D eigenvalue weighted by atomic mass is 10.1. The van der Waals surface area contributed by atoms with Crippen molar-refractivity contribution in [1.82, 2.24) is 15.0 Å². The van der Waals surface area contributed by atoms with Crippen LogP contribution in [-0.4, -0.2) is 21.6 Å². The number of hydrogen-bond donors (Lipinski definition) is 1. The van der Waals surface area contributed by atoms with E-state index in [0.717, 1.165) is 30.1 Å². The molecule has 0 bridgehead atoms. The second kappa shape index (κ2) is 6.22. The number of aromatic nitrogens is 3. The van der Waals surface area contributed by atoms with Crippen LogP contribution in [0, 0.1) is 0 Å². The predicted octanol–water partition coefficient (Wildman–Crippen LogP) is 2.45. The topological polar surface area (TPSA) is 66.0 Å². The molecule has 0 amide bonds. The molecule has 0 saturated heterocycles. The summed E-state index contributed by atoms with van der Waals surface area (Å²) in [5.41, 5.74) is 7.52. The normalized spacial score (nSPS) is 10.9. The largest absolute Gasteiger partial charge is 0.494 e. The van der Waals surface area contributed by atoms with Gasteiger partial charge in [-0.25, -0.2) is 4.68 Å². The van der Waals surface area contributed by atoms with Crippen molar-refractivity contribution in [2.24, 2.45) is 0 Å². The number of ether oxygens (including phenoxy) is 1. The van der Waals surface area contributed by atoms with Gasteiger partial charge in [0.25, 0.3) is 0 Å². The maximum atomic E-state index is 5.64. The van der Waals surface area contributed by atoms with Gasteiger partial charge in [-0.05, 0) is 30.2 Å². The van der Waals surface area contributed by atoms with E-state index < -0.39 is 0 Å². The van der Waals surface area contributed by atoms with Gasteiger partial charge < -0.3 is 10.5 Å². The van der Waals surface area contributed by atoms with Crippen LogP contribution in [0.2, 0.25) is 0 Å². The standard InChI is InChI=1S/C14H20N4O/c1-11(2)14-10-16-17-18(14)8-3-9-19-13-6-4-12(15)5-7-13/h4-7,10-11H,3,8-9,15H2,1-2H3. The average Bonchev–Trinajstić information content (AvgIpc) is 2.85. The van der Waals surface area contributed by atoms with Gasteiger partial charge in [0.2, 0.25) is 0 Å². The van der Waals surface area contributed by atoms with Crippen molar-refractivity contribution in [3.8, 4) is 5.75 Å². The predicted molar refractivity (Wildman–Crippen MR) is 75.1 cm³/mol. The Morgan fingerprint density at radius 1 is 1.26 bits per heavy atom. The molecule has 2 rings (SSSR count). The number of benzene rings is 1. The molecular formula is C14H20N4O. The minimum atomic E-state index is 0.438. The number of aryl methyl sites for hydroxylation is 1. The summed E-state index contributed by atoms with van der Waals surface area (Å²) in [4.78, 5) is 0. The van der Waals surface area contributed by atoms with E-state index in [1.165, 1.54) is 0 Å². The van der Waals surface area contributed by atoms with Crippen LogP contribution in [0.15, 0.2) is 30.5 Å². The lowest BCUT2D eigenvalue weighted by Gasteiger charge is -2.09.